The van der Waals surface area contributed by atoms with Crippen molar-refractivity contribution in [1.29, 1.82) is 0 Å². The molecule has 3 amide bonds. The molecule has 0 saturated carbocycles. The van der Waals surface area contributed by atoms with Gasteiger partial charge in [0.25, 0.3) is 5.91 Å². The van der Waals surface area contributed by atoms with Crippen LogP contribution in [0.3, 0.4) is 0 Å². The average molecular weight is 724 g/mol. The van der Waals surface area contributed by atoms with Crippen LogP contribution in [0.1, 0.15) is 52.2 Å². The van der Waals surface area contributed by atoms with Crippen molar-refractivity contribution in [3.05, 3.63) is 125 Å². The molecule has 272 valence electrons. The van der Waals surface area contributed by atoms with Gasteiger partial charge in [-0.1, -0.05) is 48.2 Å². The Labute approximate surface area is 304 Å². The third-order valence-electron chi connectivity index (χ3n) is 7.90. The van der Waals surface area contributed by atoms with E-state index in [0.717, 1.165) is 23.8 Å². The molecule has 0 bridgehead atoms. The van der Waals surface area contributed by atoms with Crippen molar-refractivity contribution in [2.45, 2.75) is 43.2 Å². The number of rotatable bonds is 12. The van der Waals surface area contributed by atoms with Crippen molar-refractivity contribution in [3.8, 4) is 23.3 Å². The smallest absolute Gasteiger partial charge is 0.453 e. The predicted octanol–water partition coefficient (Wildman–Crippen LogP) is 0.140. The van der Waals surface area contributed by atoms with E-state index in [9.17, 15) is 45.0 Å². The second kappa shape index (κ2) is 15.5. The van der Waals surface area contributed by atoms with E-state index in [2.05, 4.69) is 16.6 Å². The number of ether oxygens (including phenoxy) is 3. The number of anilines is 1. The van der Waals surface area contributed by atoms with Gasteiger partial charge in [0.15, 0.2) is 25.6 Å². The number of carbonyl (C=O) groups is 3. The standard InChI is InChI=1S/C37H34BN3O12/c1-2-51-29-20-26(17-18-28(29)53-37(48,49)50)35(45,46)36(38,47)40-31(42)21-30-33(44)41(27-10-6-9-25(19-27)32(39)43)34(52-30)24-15-13-23(14-16-24)12-11-22-7-4-3-5-8-22/h3-10,13-20,30,34,45-50H,2,21H2,1H3,(H2,39,43)(H,40,42)/t30-,34+,36?/m1/s1. The monoisotopic (exact) mass is 723 g/mol. The maximum atomic E-state index is 13.9. The van der Waals surface area contributed by atoms with Gasteiger partial charge >= 0.3 is 6.16 Å². The molecule has 0 spiro atoms. The molecule has 1 fully saturated rings. The van der Waals surface area contributed by atoms with Crippen LogP contribution in [0.2, 0.25) is 0 Å². The van der Waals surface area contributed by atoms with E-state index in [1.54, 1.807) is 30.3 Å². The van der Waals surface area contributed by atoms with Crippen LogP contribution in [-0.4, -0.2) is 80.7 Å². The number of aliphatic hydroxyl groups is 6. The normalized spacial score (nSPS) is 17.0. The number of hydrogen-bond acceptors (Lipinski definition) is 12. The van der Waals surface area contributed by atoms with Gasteiger partial charge in [0, 0.05) is 33.5 Å². The Bertz CT molecular complexity index is 2040. The van der Waals surface area contributed by atoms with E-state index in [-0.39, 0.29) is 23.6 Å². The first-order chi connectivity index (χ1) is 25.0. The summed E-state index contributed by atoms with van der Waals surface area (Å²) in [5.74, 6) is -0.715. The van der Waals surface area contributed by atoms with Crippen molar-refractivity contribution in [3.63, 3.8) is 0 Å². The minimum atomic E-state index is -3.61. The number of nitrogens with zero attached hydrogens (tertiary/aromatic N) is 1. The topological polar surface area (TPSA) is 242 Å². The van der Waals surface area contributed by atoms with Gasteiger partial charge in [-0.25, -0.2) is 0 Å². The molecule has 0 aromatic heterocycles. The SMILES string of the molecule is [B]C(O)(NC(=O)C[C@H]1O[C@@H](c2ccc(C#Cc3ccccc3)cc2)N(c2cccc(C(N)=O)c2)C1=O)C(O)(O)c1ccc(OC(O)(O)O)c(OCC)c1. The zero-order chi connectivity index (χ0) is 38.6. The second-order valence-corrected chi connectivity index (χ2v) is 11.8. The van der Waals surface area contributed by atoms with Gasteiger partial charge < -0.3 is 55.9 Å². The molecule has 4 aromatic rings. The van der Waals surface area contributed by atoms with Crippen LogP contribution in [0.25, 0.3) is 0 Å². The van der Waals surface area contributed by atoms with Crippen LogP contribution in [-0.2, 0) is 20.1 Å². The van der Waals surface area contributed by atoms with Crippen LogP contribution >= 0.6 is 0 Å². The van der Waals surface area contributed by atoms with Crippen LogP contribution in [0.4, 0.5) is 5.69 Å². The minimum absolute atomic E-state index is 0.0324. The first-order valence-corrected chi connectivity index (χ1v) is 15.9. The van der Waals surface area contributed by atoms with Gasteiger partial charge in [-0.05, 0) is 67.6 Å². The maximum absolute atomic E-state index is 13.9. The Hall–Kier alpha value is -5.77. The predicted molar refractivity (Wildman–Crippen MR) is 186 cm³/mol. The lowest BCUT2D eigenvalue weighted by Crippen LogP contribution is -2.63. The van der Waals surface area contributed by atoms with E-state index in [1.807, 2.05) is 35.6 Å². The summed E-state index contributed by atoms with van der Waals surface area (Å²) in [7, 11) is 5.80. The molecular formula is C37H34BN3O12. The molecule has 53 heavy (non-hydrogen) atoms. The van der Waals surface area contributed by atoms with Gasteiger partial charge in [-0.15, -0.1) is 0 Å². The zero-order valence-corrected chi connectivity index (χ0v) is 28.0. The molecular weight excluding hydrogens is 689 g/mol. The molecule has 3 atom stereocenters. The van der Waals surface area contributed by atoms with Gasteiger partial charge in [0.1, 0.15) is 11.7 Å². The molecule has 1 unspecified atom stereocenters. The largest absolute Gasteiger partial charge is 0.490 e. The number of hydrogen-bond donors (Lipinski definition) is 8. The highest BCUT2D eigenvalue weighted by atomic mass is 16.9. The maximum Gasteiger partial charge on any atom is 0.453 e. The molecule has 9 N–H and O–H groups in total. The molecule has 2 radical (unpaired) electrons. The molecule has 4 aromatic carbocycles. The van der Waals surface area contributed by atoms with E-state index < -0.39 is 65.4 Å². The molecule has 1 saturated heterocycles. The van der Waals surface area contributed by atoms with Crippen molar-refractivity contribution in [1.82, 2.24) is 5.32 Å². The van der Waals surface area contributed by atoms with E-state index in [4.69, 9.17) is 23.1 Å². The highest BCUT2D eigenvalue weighted by Crippen LogP contribution is 2.38. The Morgan fingerprint density at radius 1 is 0.887 bits per heavy atom. The molecule has 1 aliphatic rings. The zero-order valence-electron chi connectivity index (χ0n) is 28.0. The van der Waals surface area contributed by atoms with Gasteiger partial charge in [-0.2, -0.15) is 0 Å². The number of carbonyl (C=O) groups excluding carboxylic acids is 3. The lowest BCUT2D eigenvalue weighted by Gasteiger charge is -2.38. The second-order valence-electron chi connectivity index (χ2n) is 11.8. The summed E-state index contributed by atoms with van der Waals surface area (Å²) in [5.41, 5.74) is 3.89. The van der Waals surface area contributed by atoms with Crippen molar-refractivity contribution >= 4 is 31.3 Å². The fourth-order valence-corrected chi connectivity index (χ4v) is 5.34. The number of benzene rings is 4. The molecule has 16 heteroatoms. The highest BCUT2D eigenvalue weighted by molar-refractivity contribution is 6.16. The van der Waals surface area contributed by atoms with Crippen molar-refractivity contribution < 1.29 is 59.2 Å². The third kappa shape index (κ3) is 9.00. The van der Waals surface area contributed by atoms with Crippen LogP contribution in [0, 0.1) is 11.8 Å². The quantitative estimate of drug-likeness (QED) is 0.0553. The Morgan fingerprint density at radius 3 is 2.17 bits per heavy atom. The first-order valence-electron chi connectivity index (χ1n) is 15.9. The number of primary amides is 1. The van der Waals surface area contributed by atoms with Gasteiger partial charge in [0.2, 0.25) is 17.6 Å². The lowest BCUT2D eigenvalue weighted by molar-refractivity contribution is -0.419. The fraction of sp³-hybridized carbons (Fsp3) is 0.216. The molecule has 1 heterocycles. The Morgan fingerprint density at radius 2 is 1.55 bits per heavy atom. The Balaban J connectivity index is 1.38. The minimum Gasteiger partial charge on any atom is -0.490 e. The summed E-state index contributed by atoms with van der Waals surface area (Å²) < 4.78 is 15.9. The fourth-order valence-electron chi connectivity index (χ4n) is 5.34. The summed E-state index contributed by atoms with van der Waals surface area (Å²) in [5, 5.41) is 62.3. The summed E-state index contributed by atoms with van der Waals surface area (Å²) in [6, 6.07) is 24.8. The summed E-state index contributed by atoms with van der Waals surface area (Å²) in [6.07, 6.45) is -6.97. The van der Waals surface area contributed by atoms with Crippen LogP contribution < -0.4 is 25.4 Å². The number of nitrogens with one attached hydrogen (secondary N) is 1. The first kappa shape index (κ1) is 38.5. The van der Waals surface area contributed by atoms with Crippen molar-refractivity contribution in [2.24, 2.45) is 5.73 Å². The van der Waals surface area contributed by atoms with E-state index in [1.165, 1.54) is 30.0 Å². The van der Waals surface area contributed by atoms with E-state index >= 15 is 0 Å². The molecule has 5 rings (SSSR count). The van der Waals surface area contributed by atoms with E-state index in [0.29, 0.717) is 11.1 Å². The number of nitrogens with two attached hydrogens (primary N) is 1. The molecule has 15 nitrogen and oxygen atoms in total. The molecule has 1 aliphatic heterocycles. The average Bonchev–Trinajstić information content (AvgIpc) is 3.42. The molecule has 0 aliphatic carbocycles. The summed E-state index contributed by atoms with van der Waals surface area (Å²) in [4.78, 5) is 40.3. The lowest BCUT2D eigenvalue weighted by atomic mass is 9.78. The Kier molecular flexibility index (Phi) is 11.2. The highest BCUT2D eigenvalue weighted by Gasteiger charge is 2.49. The summed E-state index contributed by atoms with van der Waals surface area (Å²) >= 11 is 0. The van der Waals surface area contributed by atoms with Gasteiger partial charge in [-0.3, -0.25) is 19.3 Å². The van der Waals surface area contributed by atoms with Gasteiger partial charge in [0.05, 0.1) is 13.0 Å². The van der Waals surface area contributed by atoms with Crippen molar-refractivity contribution in [2.75, 3.05) is 11.5 Å². The van der Waals surface area contributed by atoms with Crippen LogP contribution in [0.15, 0.2) is 97.1 Å². The number of amides is 3. The third-order valence-corrected chi connectivity index (χ3v) is 7.90. The summed E-state index contributed by atoms with van der Waals surface area (Å²) in [6.45, 7) is 1.50. The van der Waals surface area contributed by atoms with Crippen LogP contribution in [0.5, 0.6) is 11.5 Å².